The van der Waals surface area contributed by atoms with Crippen LogP contribution >= 0.6 is 11.6 Å². The van der Waals surface area contributed by atoms with E-state index in [1.807, 2.05) is 0 Å². The predicted molar refractivity (Wildman–Crippen MR) is 81.8 cm³/mol. The summed E-state index contributed by atoms with van der Waals surface area (Å²) in [6.07, 6.45) is -2.79. The van der Waals surface area contributed by atoms with E-state index in [4.69, 9.17) is 11.6 Å². The number of rotatable bonds is 4. The third-order valence-corrected chi connectivity index (χ3v) is 3.95. The van der Waals surface area contributed by atoms with Gasteiger partial charge in [-0.25, -0.2) is 9.99 Å². The number of aromatic nitrogens is 5. The molecular formula is C13H13ClF3N7O. The molecule has 0 spiro atoms. The lowest BCUT2D eigenvalue weighted by Crippen LogP contribution is -2.42. The summed E-state index contributed by atoms with van der Waals surface area (Å²) in [6, 6.07) is 3.23. The Morgan fingerprint density at radius 1 is 1.40 bits per heavy atom. The van der Waals surface area contributed by atoms with E-state index < -0.39 is 17.7 Å². The first-order valence-electron chi connectivity index (χ1n) is 7.27. The average Bonchev–Trinajstić information content (AvgIpc) is 3.13. The van der Waals surface area contributed by atoms with Crippen LogP contribution in [0.15, 0.2) is 23.4 Å². The van der Waals surface area contributed by atoms with Crippen LogP contribution in [0.2, 0.25) is 5.02 Å². The van der Waals surface area contributed by atoms with Gasteiger partial charge in [0.05, 0.1) is 10.7 Å². The standard InChI is InChI=1S/C13H13ClF3N7O/c1-2-12(25)6-8(7-23-21-11(19-22-23)13(15,16)17)20-24(12)10-9(14)4-3-5-18-10/h3-5,25H,2,6-7H2,1H3. The van der Waals surface area contributed by atoms with Crippen LogP contribution in [0, 0.1) is 0 Å². The predicted octanol–water partition coefficient (Wildman–Crippen LogP) is 2.11. The van der Waals surface area contributed by atoms with Gasteiger partial charge in [0.25, 0.3) is 5.82 Å². The lowest BCUT2D eigenvalue weighted by Gasteiger charge is -2.31. The van der Waals surface area contributed by atoms with Gasteiger partial charge in [-0.1, -0.05) is 18.5 Å². The first-order valence-corrected chi connectivity index (χ1v) is 7.65. The Bertz CT molecular complexity index is 809. The quantitative estimate of drug-likeness (QED) is 0.879. The smallest absolute Gasteiger partial charge is 0.369 e. The molecule has 25 heavy (non-hydrogen) atoms. The van der Waals surface area contributed by atoms with Crippen LogP contribution in [-0.2, 0) is 12.7 Å². The fourth-order valence-electron chi connectivity index (χ4n) is 2.40. The summed E-state index contributed by atoms with van der Waals surface area (Å²) in [5.74, 6) is -1.08. The van der Waals surface area contributed by atoms with Crippen molar-refractivity contribution >= 4 is 23.1 Å². The van der Waals surface area contributed by atoms with Gasteiger partial charge in [-0.3, -0.25) is 0 Å². The fraction of sp³-hybridized carbons (Fsp3) is 0.462. The Labute approximate surface area is 144 Å². The second-order valence-electron chi connectivity index (χ2n) is 5.44. The molecule has 1 atom stereocenters. The zero-order chi connectivity index (χ0) is 18.2. The molecule has 12 heteroatoms. The summed E-state index contributed by atoms with van der Waals surface area (Å²) in [5, 5.41) is 26.2. The van der Waals surface area contributed by atoms with Crippen LogP contribution in [0.4, 0.5) is 19.0 Å². The molecule has 0 aromatic carbocycles. The average molecular weight is 376 g/mol. The van der Waals surface area contributed by atoms with E-state index in [9.17, 15) is 18.3 Å². The number of alkyl halides is 3. The lowest BCUT2D eigenvalue weighted by atomic mass is 10.0. The lowest BCUT2D eigenvalue weighted by molar-refractivity contribution is -0.145. The van der Waals surface area contributed by atoms with Crippen LogP contribution in [0.3, 0.4) is 0 Å². The van der Waals surface area contributed by atoms with E-state index in [-0.39, 0.29) is 23.8 Å². The molecule has 0 bridgehead atoms. The Hall–Kier alpha value is -2.27. The topological polar surface area (TPSA) is 92.3 Å². The van der Waals surface area contributed by atoms with E-state index in [1.165, 1.54) is 11.2 Å². The monoisotopic (exact) mass is 375 g/mol. The highest BCUT2D eigenvalue weighted by atomic mass is 35.5. The molecule has 3 rings (SSSR count). The van der Waals surface area contributed by atoms with Gasteiger partial charge in [0.1, 0.15) is 6.54 Å². The third-order valence-electron chi connectivity index (χ3n) is 3.66. The van der Waals surface area contributed by atoms with Gasteiger partial charge in [0.15, 0.2) is 11.5 Å². The Morgan fingerprint density at radius 2 is 2.16 bits per heavy atom. The maximum atomic E-state index is 12.5. The number of pyridine rings is 1. The summed E-state index contributed by atoms with van der Waals surface area (Å²) < 4.78 is 37.6. The van der Waals surface area contributed by atoms with Crippen molar-refractivity contribution in [1.29, 1.82) is 0 Å². The van der Waals surface area contributed by atoms with Crippen LogP contribution in [-0.4, -0.2) is 41.7 Å². The van der Waals surface area contributed by atoms with Crippen LogP contribution in [0.25, 0.3) is 0 Å². The van der Waals surface area contributed by atoms with E-state index in [0.717, 1.165) is 4.80 Å². The summed E-state index contributed by atoms with van der Waals surface area (Å²) in [7, 11) is 0. The van der Waals surface area contributed by atoms with E-state index in [2.05, 4.69) is 25.5 Å². The SMILES string of the molecule is CCC1(O)CC(Cn2nnc(C(F)(F)F)n2)=NN1c1ncccc1Cl. The minimum atomic E-state index is -4.67. The molecule has 1 aliphatic rings. The van der Waals surface area contributed by atoms with Crippen molar-refractivity contribution < 1.29 is 18.3 Å². The molecule has 0 radical (unpaired) electrons. The Balaban J connectivity index is 1.87. The highest BCUT2D eigenvalue weighted by molar-refractivity contribution is 6.33. The second kappa shape index (κ2) is 6.23. The van der Waals surface area contributed by atoms with Crippen molar-refractivity contribution in [3.05, 3.63) is 29.2 Å². The molecule has 0 saturated carbocycles. The summed E-state index contributed by atoms with van der Waals surface area (Å²) in [4.78, 5) is 4.89. The fourth-order valence-corrected chi connectivity index (χ4v) is 2.60. The van der Waals surface area contributed by atoms with Crippen molar-refractivity contribution in [2.75, 3.05) is 5.01 Å². The molecule has 2 aromatic rings. The third kappa shape index (κ3) is 3.42. The highest BCUT2D eigenvalue weighted by Crippen LogP contribution is 2.36. The largest absolute Gasteiger partial charge is 0.455 e. The molecule has 0 aliphatic carbocycles. The molecule has 134 valence electrons. The molecule has 2 aromatic heterocycles. The van der Waals surface area contributed by atoms with Gasteiger partial charge < -0.3 is 5.11 Å². The van der Waals surface area contributed by atoms with Gasteiger partial charge in [0.2, 0.25) is 0 Å². The van der Waals surface area contributed by atoms with Gasteiger partial charge in [-0.15, -0.1) is 10.2 Å². The molecule has 0 saturated heterocycles. The van der Waals surface area contributed by atoms with Crippen LogP contribution in [0.1, 0.15) is 25.6 Å². The maximum Gasteiger partial charge on any atom is 0.455 e. The molecule has 3 heterocycles. The second-order valence-corrected chi connectivity index (χ2v) is 5.85. The van der Waals surface area contributed by atoms with Gasteiger partial charge in [0, 0.05) is 12.6 Å². The van der Waals surface area contributed by atoms with Crippen molar-refractivity contribution in [3.63, 3.8) is 0 Å². The van der Waals surface area contributed by atoms with E-state index in [1.54, 1.807) is 19.1 Å². The van der Waals surface area contributed by atoms with Gasteiger partial charge >= 0.3 is 6.18 Å². The van der Waals surface area contributed by atoms with Gasteiger partial charge in [-0.2, -0.15) is 23.1 Å². The molecule has 1 N–H and O–H groups in total. The number of nitrogens with zero attached hydrogens (tertiary/aromatic N) is 7. The number of hydrogen-bond acceptors (Lipinski definition) is 7. The van der Waals surface area contributed by atoms with Crippen molar-refractivity contribution in [2.24, 2.45) is 5.10 Å². The maximum absolute atomic E-state index is 12.5. The molecule has 0 amide bonds. The number of aliphatic hydroxyl groups is 1. The number of anilines is 1. The van der Waals surface area contributed by atoms with Crippen LogP contribution in [0.5, 0.6) is 0 Å². The van der Waals surface area contributed by atoms with Gasteiger partial charge in [-0.05, 0) is 23.8 Å². The zero-order valence-corrected chi connectivity index (χ0v) is 13.7. The summed E-state index contributed by atoms with van der Waals surface area (Å²) in [6.45, 7) is 1.60. The number of hydrogen-bond donors (Lipinski definition) is 1. The molecule has 0 fully saturated rings. The zero-order valence-electron chi connectivity index (χ0n) is 12.9. The Morgan fingerprint density at radius 3 is 2.76 bits per heavy atom. The molecular weight excluding hydrogens is 363 g/mol. The first kappa shape index (κ1) is 17.5. The number of tetrazole rings is 1. The highest BCUT2D eigenvalue weighted by Gasteiger charge is 2.42. The minimum absolute atomic E-state index is 0.0826. The minimum Gasteiger partial charge on any atom is -0.369 e. The molecule has 1 unspecified atom stereocenters. The van der Waals surface area contributed by atoms with Crippen LogP contribution < -0.4 is 5.01 Å². The van der Waals surface area contributed by atoms with Crippen molar-refractivity contribution in [1.82, 2.24) is 25.2 Å². The normalized spacial score (nSPS) is 20.9. The first-order chi connectivity index (χ1) is 11.7. The molecule has 8 nitrogen and oxygen atoms in total. The Kier molecular flexibility index (Phi) is 4.37. The number of halogens is 4. The van der Waals surface area contributed by atoms with E-state index in [0.29, 0.717) is 12.1 Å². The summed E-state index contributed by atoms with van der Waals surface area (Å²) >= 11 is 6.10. The van der Waals surface area contributed by atoms with Crippen molar-refractivity contribution in [3.8, 4) is 0 Å². The number of hydrazone groups is 1. The molecule has 1 aliphatic heterocycles. The van der Waals surface area contributed by atoms with E-state index >= 15 is 0 Å². The summed E-state index contributed by atoms with van der Waals surface area (Å²) in [5.41, 5.74) is -1.02. The van der Waals surface area contributed by atoms with Crippen molar-refractivity contribution in [2.45, 2.75) is 38.2 Å².